The average Bonchev–Trinajstić information content (AvgIpc) is 1.83. The van der Waals surface area contributed by atoms with E-state index in [0.29, 0.717) is 10.6 Å². The van der Waals surface area contributed by atoms with E-state index in [0.717, 1.165) is 6.54 Å². The van der Waals surface area contributed by atoms with Crippen LogP contribution in [0.3, 0.4) is 0 Å². The van der Waals surface area contributed by atoms with Gasteiger partial charge in [0.15, 0.2) is 0 Å². The molecule has 2 heteroatoms. The van der Waals surface area contributed by atoms with Crippen LogP contribution in [0.4, 0.5) is 0 Å². The maximum absolute atomic E-state index is 5.54. The smallest absolute Gasteiger partial charge is 0.0945 e. The van der Waals surface area contributed by atoms with Gasteiger partial charge in [-0.1, -0.05) is 45.4 Å². The maximum Gasteiger partial charge on any atom is 0.0945 e. The monoisotopic (exact) mass is 189 g/mol. The Bertz CT molecular complexity index is 135. The van der Waals surface area contributed by atoms with Gasteiger partial charge in [0, 0.05) is 6.54 Å². The minimum Gasteiger partial charge on any atom is -0.376 e. The van der Waals surface area contributed by atoms with Crippen LogP contribution in [0.15, 0.2) is 11.7 Å². The van der Waals surface area contributed by atoms with Gasteiger partial charge in [0.05, 0.1) is 5.16 Å². The van der Waals surface area contributed by atoms with Gasteiger partial charge in [-0.15, -0.1) is 0 Å². The lowest BCUT2D eigenvalue weighted by molar-refractivity contribution is 0.360. The Morgan fingerprint density at radius 2 is 1.92 bits per heavy atom. The SMILES string of the molecule is C=C(Cl)NCCCCC(C)(C)C. The molecule has 0 aliphatic carbocycles. The molecule has 0 unspecified atom stereocenters. The topological polar surface area (TPSA) is 12.0 Å². The summed E-state index contributed by atoms with van der Waals surface area (Å²) in [6.07, 6.45) is 3.69. The molecule has 0 aliphatic heterocycles. The summed E-state index contributed by atoms with van der Waals surface area (Å²) in [5.41, 5.74) is 0.456. The summed E-state index contributed by atoms with van der Waals surface area (Å²) in [7, 11) is 0. The van der Waals surface area contributed by atoms with Gasteiger partial charge in [0.25, 0.3) is 0 Å². The predicted octanol–water partition coefficient (Wildman–Crippen LogP) is 3.50. The first-order chi connectivity index (χ1) is 5.42. The first kappa shape index (κ1) is 11.8. The third-order valence-corrected chi connectivity index (χ3v) is 1.80. The quantitative estimate of drug-likeness (QED) is 0.516. The molecule has 0 aromatic carbocycles. The first-order valence-electron chi connectivity index (χ1n) is 4.50. The van der Waals surface area contributed by atoms with Crippen molar-refractivity contribution < 1.29 is 0 Å². The van der Waals surface area contributed by atoms with Crippen molar-refractivity contribution in [3.8, 4) is 0 Å². The third-order valence-electron chi connectivity index (χ3n) is 1.67. The average molecular weight is 190 g/mol. The van der Waals surface area contributed by atoms with Crippen molar-refractivity contribution in [2.75, 3.05) is 6.54 Å². The first-order valence-corrected chi connectivity index (χ1v) is 4.88. The number of rotatable bonds is 5. The molecular weight excluding hydrogens is 170 g/mol. The van der Waals surface area contributed by atoms with Gasteiger partial charge in [-0.05, 0) is 18.3 Å². The summed E-state index contributed by atoms with van der Waals surface area (Å²) in [6.45, 7) is 11.3. The molecule has 0 saturated heterocycles. The van der Waals surface area contributed by atoms with Gasteiger partial charge in [-0.25, -0.2) is 0 Å². The number of nitrogens with one attached hydrogen (secondary N) is 1. The van der Waals surface area contributed by atoms with Crippen LogP contribution in [0.1, 0.15) is 40.0 Å². The highest BCUT2D eigenvalue weighted by Gasteiger charge is 2.08. The molecule has 0 bridgehead atoms. The predicted molar refractivity (Wildman–Crippen MR) is 56.3 cm³/mol. The summed E-state index contributed by atoms with van der Waals surface area (Å²) in [5, 5.41) is 3.55. The van der Waals surface area contributed by atoms with Crippen molar-refractivity contribution in [1.29, 1.82) is 0 Å². The molecule has 0 rings (SSSR count). The van der Waals surface area contributed by atoms with E-state index >= 15 is 0 Å². The van der Waals surface area contributed by atoms with Gasteiger partial charge in [0.2, 0.25) is 0 Å². The summed E-state index contributed by atoms with van der Waals surface area (Å²) in [5.74, 6) is 0. The van der Waals surface area contributed by atoms with Crippen LogP contribution in [0.5, 0.6) is 0 Å². The zero-order valence-corrected chi connectivity index (χ0v) is 9.17. The molecule has 72 valence electrons. The van der Waals surface area contributed by atoms with Gasteiger partial charge in [-0.2, -0.15) is 0 Å². The molecule has 0 saturated carbocycles. The second-order valence-corrected chi connectivity index (χ2v) is 4.81. The van der Waals surface area contributed by atoms with Crippen molar-refractivity contribution in [2.45, 2.75) is 40.0 Å². The van der Waals surface area contributed by atoms with Crippen LogP contribution < -0.4 is 5.32 Å². The molecule has 0 heterocycles. The van der Waals surface area contributed by atoms with Crippen molar-refractivity contribution >= 4 is 11.6 Å². The Labute approximate surface area is 81.2 Å². The molecule has 0 radical (unpaired) electrons. The Morgan fingerprint density at radius 1 is 1.33 bits per heavy atom. The minimum atomic E-state index is 0.456. The fraction of sp³-hybridized carbons (Fsp3) is 0.800. The van der Waals surface area contributed by atoms with E-state index in [1.165, 1.54) is 19.3 Å². The fourth-order valence-corrected chi connectivity index (χ4v) is 1.10. The number of hydrogen-bond donors (Lipinski definition) is 1. The van der Waals surface area contributed by atoms with Gasteiger partial charge in [0.1, 0.15) is 0 Å². The highest BCUT2D eigenvalue weighted by molar-refractivity contribution is 6.28. The zero-order chi connectivity index (χ0) is 9.61. The van der Waals surface area contributed by atoms with Crippen LogP contribution in [0, 0.1) is 5.41 Å². The van der Waals surface area contributed by atoms with E-state index < -0.39 is 0 Å². The van der Waals surface area contributed by atoms with Crippen LogP contribution in [-0.4, -0.2) is 6.54 Å². The molecule has 12 heavy (non-hydrogen) atoms. The Hall–Kier alpha value is -0.170. The molecule has 1 nitrogen and oxygen atoms in total. The molecule has 0 amide bonds. The molecule has 0 aromatic heterocycles. The molecule has 0 fully saturated rings. The number of halogens is 1. The van der Waals surface area contributed by atoms with Crippen LogP contribution in [-0.2, 0) is 0 Å². The molecule has 0 atom stereocenters. The van der Waals surface area contributed by atoms with Gasteiger partial charge in [-0.3, -0.25) is 0 Å². The van der Waals surface area contributed by atoms with E-state index in [1.807, 2.05) is 0 Å². The van der Waals surface area contributed by atoms with Crippen molar-refractivity contribution in [3.05, 3.63) is 11.7 Å². The highest BCUT2D eigenvalue weighted by Crippen LogP contribution is 2.21. The minimum absolute atomic E-state index is 0.456. The standard InChI is InChI=1S/C10H20ClN/c1-9(11)12-8-6-5-7-10(2,3)4/h12H,1,5-8H2,2-4H3. The van der Waals surface area contributed by atoms with E-state index in [9.17, 15) is 0 Å². The van der Waals surface area contributed by atoms with E-state index in [-0.39, 0.29) is 0 Å². The van der Waals surface area contributed by atoms with Crippen molar-refractivity contribution in [3.63, 3.8) is 0 Å². The van der Waals surface area contributed by atoms with E-state index in [4.69, 9.17) is 11.6 Å². The van der Waals surface area contributed by atoms with Gasteiger partial charge < -0.3 is 5.32 Å². The van der Waals surface area contributed by atoms with Crippen LogP contribution >= 0.6 is 11.6 Å². The summed E-state index contributed by atoms with van der Waals surface area (Å²) in [6, 6.07) is 0. The third kappa shape index (κ3) is 9.83. The molecular formula is C10H20ClN. The molecule has 1 N–H and O–H groups in total. The number of hydrogen-bond acceptors (Lipinski definition) is 1. The highest BCUT2D eigenvalue weighted by atomic mass is 35.5. The fourth-order valence-electron chi connectivity index (χ4n) is 1.00. The van der Waals surface area contributed by atoms with Crippen molar-refractivity contribution in [2.24, 2.45) is 5.41 Å². The van der Waals surface area contributed by atoms with Crippen LogP contribution in [0.2, 0.25) is 0 Å². The molecule has 0 aromatic rings. The molecule has 0 spiro atoms. The summed E-state index contributed by atoms with van der Waals surface area (Å²) in [4.78, 5) is 0. The lowest BCUT2D eigenvalue weighted by Gasteiger charge is -2.17. The van der Waals surface area contributed by atoms with Crippen molar-refractivity contribution in [1.82, 2.24) is 5.32 Å². The van der Waals surface area contributed by atoms with E-state index in [1.54, 1.807) is 0 Å². The Balaban J connectivity index is 3.17. The number of unbranched alkanes of at least 4 members (excludes halogenated alkanes) is 1. The van der Waals surface area contributed by atoms with Gasteiger partial charge >= 0.3 is 0 Å². The second kappa shape index (κ2) is 5.47. The molecule has 0 aliphatic rings. The van der Waals surface area contributed by atoms with Crippen LogP contribution in [0.25, 0.3) is 0 Å². The maximum atomic E-state index is 5.54. The Morgan fingerprint density at radius 3 is 2.33 bits per heavy atom. The largest absolute Gasteiger partial charge is 0.376 e. The second-order valence-electron chi connectivity index (χ2n) is 4.35. The van der Waals surface area contributed by atoms with E-state index in [2.05, 4.69) is 32.7 Å². The normalized spacial score (nSPS) is 11.3. The summed E-state index contributed by atoms with van der Waals surface area (Å²) >= 11 is 5.54. The lowest BCUT2D eigenvalue weighted by atomic mass is 9.90. The lowest BCUT2D eigenvalue weighted by Crippen LogP contribution is -2.11. The summed E-state index contributed by atoms with van der Waals surface area (Å²) < 4.78 is 0. The zero-order valence-electron chi connectivity index (χ0n) is 8.41. The Kier molecular flexibility index (Phi) is 5.39.